The SMILES string of the molecule is O=Cc1cccc2c1COC(=O)O2. The van der Waals surface area contributed by atoms with Gasteiger partial charge >= 0.3 is 6.16 Å². The predicted octanol–water partition coefficient (Wildman–Crippen LogP) is 1.53. The fourth-order valence-corrected chi connectivity index (χ4v) is 1.19. The number of cyclic esters (lactones) is 1. The van der Waals surface area contributed by atoms with E-state index in [1.165, 1.54) is 0 Å². The van der Waals surface area contributed by atoms with Crippen molar-refractivity contribution in [3.05, 3.63) is 29.3 Å². The number of benzene rings is 1. The molecule has 0 unspecified atom stereocenters. The number of hydrogen-bond acceptors (Lipinski definition) is 4. The van der Waals surface area contributed by atoms with E-state index in [0.717, 1.165) is 0 Å². The van der Waals surface area contributed by atoms with E-state index >= 15 is 0 Å². The minimum Gasteiger partial charge on any atom is -0.429 e. The van der Waals surface area contributed by atoms with Gasteiger partial charge < -0.3 is 9.47 Å². The fourth-order valence-electron chi connectivity index (χ4n) is 1.19. The first-order chi connectivity index (χ1) is 6.31. The van der Waals surface area contributed by atoms with E-state index in [1.54, 1.807) is 18.2 Å². The van der Waals surface area contributed by atoms with Gasteiger partial charge in [0.15, 0.2) is 6.29 Å². The van der Waals surface area contributed by atoms with Crippen LogP contribution in [-0.4, -0.2) is 12.4 Å². The second kappa shape index (κ2) is 2.90. The molecule has 0 aromatic heterocycles. The van der Waals surface area contributed by atoms with Crippen LogP contribution in [0.3, 0.4) is 0 Å². The number of carbonyl (C=O) groups is 2. The smallest absolute Gasteiger partial charge is 0.429 e. The van der Waals surface area contributed by atoms with Crippen LogP contribution in [0.15, 0.2) is 18.2 Å². The Bertz CT molecular complexity index is 370. The number of carbonyl (C=O) groups excluding carboxylic acids is 2. The van der Waals surface area contributed by atoms with E-state index in [4.69, 9.17) is 4.74 Å². The molecule has 1 aliphatic heterocycles. The Balaban J connectivity index is 2.51. The highest BCUT2D eigenvalue weighted by atomic mass is 16.7. The number of hydrogen-bond donors (Lipinski definition) is 0. The molecule has 0 radical (unpaired) electrons. The lowest BCUT2D eigenvalue weighted by atomic mass is 10.1. The van der Waals surface area contributed by atoms with Gasteiger partial charge in [0.1, 0.15) is 12.4 Å². The van der Waals surface area contributed by atoms with Gasteiger partial charge in [-0.05, 0) is 6.07 Å². The first-order valence-corrected chi connectivity index (χ1v) is 3.73. The summed E-state index contributed by atoms with van der Waals surface area (Å²) in [5, 5.41) is 0. The largest absolute Gasteiger partial charge is 0.514 e. The molecule has 0 bridgehead atoms. The summed E-state index contributed by atoms with van der Waals surface area (Å²) < 4.78 is 9.38. The third kappa shape index (κ3) is 1.26. The molecule has 0 atom stereocenters. The van der Waals surface area contributed by atoms with Crippen molar-refractivity contribution in [2.75, 3.05) is 0 Å². The van der Waals surface area contributed by atoms with Crippen molar-refractivity contribution in [3.63, 3.8) is 0 Å². The van der Waals surface area contributed by atoms with Crippen molar-refractivity contribution in [2.24, 2.45) is 0 Å². The summed E-state index contributed by atoms with van der Waals surface area (Å²) in [4.78, 5) is 21.3. The Labute approximate surface area is 74.1 Å². The summed E-state index contributed by atoms with van der Waals surface area (Å²) in [6.07, 6.45) is -0.0167. The first-order valence-electron chi connectivity index (χ1n) is 3.73. The van der Waals surface area contributed by atoms with Gasteiger partial charge in [-0.15, -0.1) is 0 Å². The normalized spacial score (nSPS) is 14.0. The molecule has 1 aliphatic rings. The molecule has 0 aliphatic carbocycles. The molecule has 0 fully saturated rings. The second-order valence-corrected chi connectivity index (χ2v) is 2.58. The maximum absolute atomic E-state index is 10.7. The number of rotatable bonds is 1. The maximum Gasteiger partial charge on any atom is 0.514 e. The van der Waals surface area contributed by atoms with Gasteiger partial charge in [-0.2, -0.15) is 0 Å². The van der Waals surface area contributed by atoms with Crippen LogP contribution in [0.2, 0.25) is 0 Å². The number of fused-ring (bicyclic) bond motifs is 1. The number of aldehydes is 1. The van der Waals surface area contributed by atoms with Crippen molar-refractivity contribution >= 4 is 12.4 Å². The van der Waals surface area contributed by atoms with Gasteiger partial charge in [0.2, 0.25) is 0 Å². The van der Waals surface area contributed by atoms with E-state index in [0.29, 0.717) is 23.2 Å². The van der Waals surface area contributed by atoms with E-state index in [2.05, 4.69) is 4.74 Å². The average Bonchev–Trinajstić information content (AvgIpc) is 2.16. The van der Waals surface area contributed by atoms with Crippen molar-refractivity contribution in [1.29, 1.82) is 0 Å². The first kappa shape index (κ1) is 7.79. The Morgan fingerprint density at radius 1 is 1.38 bits per heavy atom. The van der Waals surface area contributed by atoms with Gasteiger partial charge in [0.25, 0.3) is 0 Å². The molecule has 66 valence electrons. The summed E-state index contributed by atoms with van der Waals surface area (Å²) in [6.45, 7) is 0.100. The fraction of sp³-hybridized carbons (Fsp3) is 0.111. The summed E-state index contributed by atoms with van der Waals surface area (Å²) in [7, 11) is 0. The lowest BCUT2D eigenvalue weighted by Gasteiger charge is -2.16. The minimum atomic E-state index is -0.726. The molecule has 0 spiro atoms. The highest BCUT2D eigenvalue weighted by Gasteiger charge is 2.20. The van der Waals surface area contributed by atoms with E-state index in [-0.39, 0.29) is 6.61 Å². The van der Waals surface area contributed by atoms with Crippen LogP contribution in [0.25, 0.3) is 0 Å². The van der Waals surface area contributed by atoms with Gasteiger partial charge in [-0.25, -0.2) is 4.79 Å². The van der Waals surface area contributed by atoms with E-state index in [1.807, 2.05) is 0 Å². The molecule has 1 heterocycles. The average molecular weight is 178 g/mol. The van der Waals surface area contributed by atoms with Gasteiger partial charge in [0, 0.05) is 11.1 Å². The molecule has 0 saturated carbocycles. The Kier molecular flexibility index (Phi) is 1.73. The monoisotopic (exact) mass is 178 g/mol. The molecule has 13 heavy (non-hydrogen) atoms. The molecule has 4 heteroatoms. The topological polar surface area (TPSA) is 52.6 Å². The Morgan fingerprint density at radius 3 is 3.00 bits per heavy atom. The molecular weight excluding hydrogens is 172 g/mol. The highest BCUT2D eigenvalue weighted by molar-refractivity contribution is 5.80. The number of ether oxygens (including phenoxy) is 2. The van der Waals surface area contributed by atoms with Gasteiger partial charge in [-0.3, -0.25) is 4.79 Å². The lowest BCUT2D eigenvalue weighted by molar-refractivity contribution is 0.0776. The van der Waals surface area contributed by atoms with Crippen LogP contribution in [0, 0.1) is 0 Å². The van der Waals surface area contributed by atoms with Crippen molar-refractivity contribution < 1.29 is 19.1 Å². The van der Waals surface area contributed by atoms with Gasteiger partial charge in [-0.1, -0.05) is 12.1 Å². The van der Waals surface area contributed by atoms with Crippen molar-refractivity contribution in [3.8, 4) is 5.75 Å². The minimum absolute atomic E-state index is 0.100. The molecule has 0 N–H and O–H groups in total. The third-order valence-electron chi connectivity index (χ3n) is 1.82. The zero-order valence-corrected chi connectivity index (χ0v) is 6.65. The quantitative estimate of drug-likeness (QED) is 0.371. The standard InChI is InChI=1S/C9H6O4/c10-4-6-2-1-3-8-7(6)5-12-9(11)13-8/h1-4H,5H2. The highest BCUT2D eigenvalue weighted by Crippen LogP contribution is 2.26. The van der Waals surface area contributed by atoms with Crippen LogP contribution >= 0.6 is 0 Å². The van der Waals surface area contributed by atoms with Crippen LogP contribution in [0.5, 0.6) is 5.75 Å². The maximum atomic E-state index is 10.7. The summed E-state index contributed by atoms with van der Waals surface area (Å²) in [5.74, 6) is 0.404. The van der Waals surface area contributed by atoms with Crippen LogP contribution in [0.1, 0.15) is 15.9 Å². The molecule has 1 aromatic carbocycles. The zero-order valence-electron chi connectivity index (χ0n) is 6.65. The third-order valence-corrected chi connectivity index (χ3v) is 1.82. The van der Waals surface area contributed by atoms with Crippen LogP contribution in [-0.2, 0) is 11.3 Å². The molecule has 0 saturated heterocycles. The molecule has 2 rings (SSSR count). The van der Waals surface area contributed by atoms with Crippen LogP contribution in [0.4, 0.5) is 4.79 Å². The van der Waals surface area contributed by atoms with Crippen molar-refractivity contribution in [1.82, 2.24) is 0 Å². The van der Waals surface area contributed by atoms with Crippen molar-refractivity contribution in [2.45, 2.75) is 6.61 Å². The predicted molar refractivity (Wildman–Crippen MR) is 42.6 cm³/mol. The zero-order chi connectivity index (χ0) is 9.26. The molecule has 1 aromatic rings. The Morgan fingerprint density at radius 2 is 2.23 bits per heavy atom. The Hall–Kier alpha value is -1.84. The summed E-state index contributed by atoms with van der Waals surface area (Å²) in [6, 6.07) is 4.93. The van der Waals surface area contributed by atoms with E-state index < -0.39 is 6.16 Å². The second-order valence-electron chi connectivity index (χ2n) is 2.58. The summed E-state index contributed by atoms with van der Waals surface area (Å²) >= 11 is 0. The summed E-state index contributed by atoms with van der Waals surface area (Å²) in [5.41, 5.74) is 1.11. The molecular formula is C9H6O4. The molecule has 0 amide bonds. The van der Waals surface area contributed by atoms with E-state index in [9.17, 15) is 9.59 Å². The molecule has 4 nitrogen and oxygen atoms in total. The lowest BCUT2D eigenvalue weighted by Crippen LogP contribution is -2.18. The van der Waals surface area contributed by atoms with Crippen LogP contribution < -0.4 is 4.74 Å². The van der Waals surface area contributed by atoms with Gasteiger partial charge in [0.05, 0.1) is 0 Å².